The fraction of sp³-hybridized carbons (Fsp3) is 0.235. The highest BCUT2D eigenvalue weighted by molar-refractivity contribution is 5.30. The first-order valence-electron chi connectivity index (χ1n) is 7.12. The second-order valence-electron chi connectivity index (χ2n) is 5.14. The molecule has 21 heavy (non-hydrogen) atoms. The third kappa shape index (κ3) is 3.23. The summed E-state index contributed by atoms with van der Waals surface area (Å²) in [6, 6.07) is 16.3. The third-order valence-electron chi connectivity index (χ3n) is 3.44. The Morgan fingerprint density at radius 2 is 1.95 bits per heavy atom. The summed E-state index contributed by atoms with van der Waals surface area (Å²) in [5.74, 6) is 1.89. The summed E-state index contributed by atoms with van der Waals surface area (Å²) in [6.07, 6.45) is 1.98. The fourth-order valence-corrected chi connectivity index (χ4v) is 2.22. The van der Waals surface area contributed by atoms with Crippen LogP contribution in [0.3, 0.4) is 0 Å². The van der Waals surface area contributed by atoms with E-state index in [9.17, 15) is 0 Å². The normalized spacial score (nSPS) is 12.5. The summed E-state index contributed by atoms with van der Waals surface area (Å²) in [5, 5.41) is 8.00. The van der Waals surface area contributed by atoms with Gasteiger partial charge in [-0.3, -0.25) is 0 Å². The molecule has 0 bridgehead atoms. The van der Waals surface area contributed by atoms with Crippen LogP contribution in [0, 0.1) is 6.92 Å². The van der Waals surface area contributed by atoms with Crippen LogP contribution in [0.25, 0.3) is 5.69 Å². The second kappa shape index (κ2) is 5.97. The Balaban J connectivity index is 1.63. The van der Waals surface area contributed by atoms with Crippen molar-refractivity contribution in [3.05, 3.63) is 71.9 Å². The minimum absolute atomic E-state index is 0.167. The van der Waals surface area contributed by atoms with Gasteiger partial charge in [-0.25, -0.2) is 4.68 Å². The molecule has 1 aromatic carbocycles. The van der Waals surface area contributed by atoms with Gasteiger partial charge in [-0.15, -0.1) is 0 Å². The zero-order chi connectivity index (χ0) is 14.7. The van der Waals surface area contributed by atoms with Gasteiger partial charge in [0.05, 0.1) is 17.4 Å². The van der Waals surface area contributed by atoms with Gasteiger partial charge < -0.3 is 9.73 Å². The van der Waals surface area contributed by atoms with Crippen molar-refractivity contribution in [2.75, 3.05) is 0 Å². The van der Waals surface area contributed by atoms with Crippen molar-refractivity contribution >= 4 is 0 Å². The molecule has 1 N–H and O–H groups in total. The van der Waals surface area contributed by atoms with Crippen LogP contribution in [0.4, 0.5) is 0 Å². The van der Waals surface area contributed by atoms with Gasteiger partial charge in [-0.2, -0.15) is 5.10 Å². The van der Waals surface area contributed by atoms with Gasteiger partial charge >= 0.3 is 0 Å². The number of furan rings is 1. The molecule has 3 aromatic rings. The summed E-state index contributed by atoms with van der Waals surface area (Å²) in [6.45, 7) is 4.75. The van der Waals surface area contributed by atoms with E-state index in [4.69, 9.17) is 4.42 Å². The molecule has 1 unspecified atom stereocenters. The molecule has 0 amide bonds. The summed E-state index contributed by atoms with van der Waals surface area (Å²) in [7, 11) is 0. The van der Waals surface area contributed by atoms with Crippen LogP contribution in [0.15, 0.2) is 59.1 Å². The summed E-state index contributed by atoms with van der Waals surface area (Å²) >= 11 is 0. The van der Waals surface area contributed by atoms with Crippen molar-refractivity contribution in [1.82, 2.24) is 15.1 Å². The van der Waals surface area contributed by atoms with Crippen molar-refractivity contribution in [1.29, 1.82) is 0 Å². The Hall–Kier alpha value is -2.33. The largest absolute Gasteiger partial charge is 0.465 e. The average Bonchev–Trinajstić information content (AvgIpc) is 3.15. The number of nitrogens with zero attached hydrogens (tertiary/aromatic N) is 2. The number of hydrogen-bond acceptors (Lipinski definition) is 3. The van der Waals surface area contributed by atoms with Crippen molar-refractivity contribution in [2.24, 2.45) is 0 Å². The Kier molecular flexibility index (Phi) is 3.88. The molecule has 0 saturated heterocycles. The first kappa shape index (κ1) is 13.6. The van der Waals surface area contributed by atoms with Crippen molar-refractivity contribution in [2.45, 2.75) is 26.4 Å². The highest BCUT2D eigenvalue weighted by atomic mass is 16.3. The lowest BCUT2D eigenvalue weighted by Crippen LogP contribution is -2.18. The molecule has 0 aliphatic rings. The molecule has 1 atom stereocenters. The molecule has 108 valence electrons. The fourth-order valence-electron chi connectivity index (χ4n) is 2.22. The van der Waals surface area contributed by atoms with Crippen LogP contribution in [0.1, 0.15) is 30.2 Å². The van der Waals surface area contributed by atoms with E-state index < -0.39 is 0 Å². The van der Waals surface area contributed by atoms with E-state index in [1.54, 1.807) is 0 Å². The van der Waals surface area contributed by atoms with Gasteiger partial charge in [0.25, 0.3) is 0 Å². The molecule has 0 fully saturated rings. The lowest BCUT2D eigenvalue weighted by Gasteiger charge is -2.09. The van der Waals surface area contributed by atoms with E-state index in [0.717, 1.165) is 22.9 Å². The maximum atomic E-state index is 5.62. The van der Waals surface area contributed by atoms with Crippen LogP contribution >= 0.6 is 0 Å². The number of benzene rings is 1. The smallest absolute Gasteiger partial charge is 0.120 e. The number of hydrogen-bond donors (Lipinski definition) is 1. The predicted octanol–water partition coefficient (Wildman–Crippen LogP) is 3.62. The first-order valence-corrected chi connectivity index (χ1v) is 7.12. The lowest BCUT2D eigenvalue weighted by molar-refractivity contribution is 0.414. The van der Waals surface area contributed by atoms with Crippen LogP contribution in [-0.4, -0.2) is 9.78 Å². The maximum absolute atomic E-state index is 5.62. The molecule has 3 rings (SSSR count). The van der Waals surface area contributed by atoms with Crippen molar-refractivity contribution in [3.8, 4) is 5.69 Å². The number of aromatic nitrogens is 2. The molecule has 0 radical (unpaired) electrons. The van der Waals surface area contributed by atoms with Gasteiger partial charge in [0.15, 0.2) is 0 Å². The molecule has 2 heterocycles. The van der Waals surface area contributed by atoms with E-state index in [2.05, 4.69) is 17.3 Å². The average molecular weight is 281 g/mol. The van der Waals surface area contributed by atoms with Gasteiger partial charge in [0.2, 0.25) is 0 Å². The molecular weight excluding hydrogens is 262 g/mol. The molecule has 0 aliphatic carbocycles. The number of para-hydroxylation sites is 1. The summed E-state index contributed by atoms with van der Waals surface area (Å²) in [5.41, 5.74) is 2.08. The Morgan fingerprint density at radius 3 is 2.67 bits per heavy atom. The molecule has 0 spiro atoms. The van der Waals surface area contributed by atoms with E-state index in [-0.39, 0.29) is 6.04 Å². The zero-order valence-electron chi connectivity index (χ0n) is 12.3. The topological polar surface area (TPSA) is 43.0 Å². The van der Waals surface area contributed by atoms with Crippen molar-refractivity contribution in [3.63, 3.8) is 0 Å². The Bertz CT molecular complexity index is 700. The van der Waals surface area contributed by atoms with E-state index in [1.807, 2.05) is 66.3 Å². The van der Waals surface area contributed by atoms with E-state index in [1.165, 1.54) is 0 Å². The maximum Gasteiger partial charge on any atom is 0.120 e. The molecule has 0 saturated carbocycles. The Labute approximate surface area is 124 Å². The quantitative estimate of drug-likeness (QED) is 0.776. The lowest BCUT2D eigenvalue weighted by atomic mass is 10.2. The number of aryl methyl sites for hydroxylation is 1. The number of rotatable bonds is 5. The molecule has 4 heteroatoms. The SMILES string of the molecule is Cc1ccc(C(C)NCc2ccn(-c3ccccc3)n2)o1. The minimum Gasteiger partial charge on any atom is -0.465 e. The predicted molar refractivity (Wildman–Crippen MR) is 82.3 cm³/mol. The highest BCUT2D eigenvalue weighted by Gasteiger charge is 2.09. The molecular formula is C17H19N3O. The molecule has 4 nitrogen and oxygen atoms in total. The van der Waals surface area contributed by atoms with Crippen molar-refractivity contribution < 1.29 is 4.42 Å². The van der Waals surface area contributed by atoms with Gasteiger partial charge in [0.1, 0.15) is 11.5 Å². The van der Waals surface area contributed by atoms with Gasteiger partial charge in [0, 0.05) is 12.7 Å². The standard InChI is InChI=1S/C17H19N3O/c1-13-8-9-17(21-13)14(2)18-12-15-10-11-20(19-15)16-6-4-3-5-7-16/h3-11,14,18H,12H2,1-2H3. The van der Waals surface area contributed by atoms with Gasteiger partial charge in [-0.1, -0.05) is 18.2 Å². The summed E-state index contributed by atoms with van der Waals surface area (Å²) < 4.78 is 7.51. The van der Waals surface area contributed by atoms with E-state index in [0.29, 0.717) is 6.54 Å². The van der Waals surface area contributed by atoms with Gasteiger partial charge in [-0.05, 0) is 44.2 Å². The minimum atomic E-state index is 0.167. The zero-order valence-corrected chi connectivity index (χ0v) is 12.3. The second-order valence-corrected chi connectivity index (χ2v) is 5.14. The highest BCUT2D eigenvalue weighted by Crippen LogP contribution is 2.16. The monoisotopic (exact) mass is 281 g/mol. The van der Waals surface area contributed by atoms with Crippen LogP contribution in [-0.2, 0) is 6.54 Å². The van der Waals surface area contributed by atoms with Crippen LogP contribution in [0.2, 0.25) is 0 Å². The summed E-state index contributed by atoms with van der Waals surface area (Å²) in [4.78, 5) is 0. The van der Waals surface area contributed by atoms with Crippen LogP contribution in [0.5, 0.6) is 0 Å². The molecule has 2 aromatic heterocycles. The third-order valence-corrected chi connectivity index (χ3v) is 3.44. The first-order chi connectivity index (χ1) is 10.2. The van der Waals surface area contributed by atoms with Crippen LogP contribution < -0.4 is 5.32 Å². The van der Waals surface area contributed by atoms with E-state index >= 15 is 0 Å². The number of nitrogens with one attached hydrogen (secondary N) is 1. The Morgan fingerprint density at radius 1 is 1.14 bits per heavy atom. The molecule has 0 aliphatic heterocycles.